The van der Waals surface area contributed by atoms with Crippen molar-refractivity contribution in [3.05, 3.63) is 73.8 Å². The Hall–Kier alpha value is -2.91. The highest BCUT2D eigenvalue weighted by atomic mass is 35.5. The van der Waals surface area contributed by atoms with Crippen molar-refractivity contribution in [3.8, 4) is 0 Å². The lowest BCUT2D eigenvalue weighted by molar-refractivity contribution is -0.120. The van der Waals surface area contributed by atoms with Crippen LogP contribution in [0.1, 0.15) is 12.0 Å². The maximum absolute atomic E-state index is 12.7. The fourth-order valence-electron chi connectivity index (χ4n) is 2.99. The van der Waals surface area contributed by atoms with E-state index in [0.717, 1.165) is 10.1 Å². The predicted octanol–water partition coefficient (Wildman–Crippen LogP) is 1.37. The molecule has 0 aliphatic heterocycles. The third-order valence-electron chi connectivity index (χ3n) is 4.82. The molecule has 1 aromatic heterocycles. The maximum Gasteiger partial charge on any atom is 0.316 e. The Morgan fingerprint density at radius 2 is 1.57 bits per heavy atom. The summed E-state index contributed by atoms with van der Waals surface area (Å²) < 4.78 is 27.7. The molecule has 0 aliphatic carbocycles. The molecule has 1 N–H and O–H groups in total. The average Bonchev–Trinajstić information content (AvgIpc) is 2.74. The molecular weight excluding hydrogens is 430 g/mol. The summed E-state index contributed by atoms with van der Waals surface area (Å²) in [7, 11) is -0.910. The number of nitrogens with zero attached hydrogens (tertiary/aromatic N) is 2. The Bertz CT molecular complexity index is 1340. The lowest BCUT2D eigenvalue weighted by atomic mass is 10.2. The topological polar surface area (TPSA) is 107 Å². The number of hydrogen-bond acceptors (Lipinski definition) is 5. The summed E-state index contributed by atoms with van der Waals surface area (Å²) in [6, 6.07) is 11.1. The van der Waals surface area contributed by atoms with Crippen LogP contribution in [0.2, 0.25) is 5.02 Å². The van der Waals surface area contributed by atoms with Crippen molar-refractivity contribution >= 4 is 38.4 Å². The number of carbonyl (C=O) groups excluding carboxylic acids is 1. The number of carbonyl (C=O) groups is 1. The Morgan fingerprint density at radius 1 is 0.967 bits per heavy atom. The van der Waals surface area contributed by atoms with Crippen molar-refractivity contribution in [2.45, 2.75) is 17.9 Å². The van der Waals surface area contributed by atoms with Gasteiger partial charge in [0.2, 0.25) is 5.91 Å². The smallest absolute Gasteiger partial charge is 0.316 e. The van der Waals surface area contributed by atoms with Crippen molar-refractivity contribution < 1.29 is 13.2 Å². The van der Waals surface area contributed by atoms with Crippen molar-refractivity contribution in [1.82, 2.24) is 14.5 Å². The number of hydrogen-bond donors (Lipinski definition) is 1. The fourth-order valence-corrected chi connectivity index (χ4v) is 4.37. The standard InChI is InChI=1S/C20H20ClN3O5S/c1-23-16-8-7-15(11-17(16)24(2)20(27)19(23)26)30(28,29)10-9-18(25)22-12-13-3-5-14(21)6-4-13/h3-8,11H,9-10,12H2,1-2H3,(H,22,25). The Morgan fingerprint density at radius 3 is 2.20 bits per heavy atom. The van der Waals surface area contributed by atoms with Gasteiger partial charge in [0.15, 0.2) is 9.84 Å². The van der Waals surface area contributed by atoms with Gasteiger partial charge in [0.1, 0.15) is 0 Å². The minimum absolute atomic E-state index is 0.0193. The van der Waals surface area contributed by atoms with E-state index in [9.17, 15) is 22.8 Å². The first-order valence-corrected chi connectivity index (χ1v) is 11.1. The molecule has 10 heteroatoms. The molecule has 158 valence electrons. The Balaban J connectivity index is 1.74. The van der Waals surface area contributed by atoms with Gasteiger partial charge in [-0.2, -0.15) is 0 Å². The molecule has 1 heterocycles. The zero-order valence-corrected chi connectivity index (χ0v) is 18.0. The van der Waals surface area contributed by atoms with Gasteiger partial charge >= 0.3 is 11.1 Å². The van der Waals surface area contributed by atoms with Gasteiger partial charge in [-0.05, 0) is 35.9 Å². The van der Waals surface area contributed by atoms with E-state index in [1.165, 1.54) is 36.9 Å². The molecule has 0 fully saturated rings. The molecule has 0 unspecified atom stereocenters. The predicted molar refractivity (Wildman–Crippen MR) is 114 cm³/mol. The number of aryl methyl sites for hydroxylation is 2. The van der Waals surface area contributed by atoms with Crippen LogP contribution in [0.3, 0.4) is 0 Å². The molecule has 30 heavy (non-hydrogen) atoms. The quantitative estimate of drug-likeness (QED) is 0.572. The van der Waals surface area contributed by atoms with Crippen LogP contribution in [0.15, 0.2) is 56.9 Å². The van der Waals surface area contributed by atoms with E-state index in [-0.39, 0.29) is 23.6 Å². The fraction of sp³-hybridized carbons (Fsp3) is 0.250. The van der Waals surface area contributed by atoms with Crippen LogP contribution in [0, 0.1) is 0 Å². The number of aromatic nitrogens is 2. The highest BCUT2D eigenvalue weighted by Crippen LogP contribution is 2.18. The molecular formula is C20H20ClN3O5S. The summed E-state index contributed by atoms with van der Waals surface area (Å²) in [6.07, 6.45) is -0.208. The second-order valence-electron chi connectivity index (χ2n) is 6.85. The molecule has 8 nitrogen and oxygen atoms in total. The van der Waals surface area contributed by atoms with Crippen LogP contribution in [0.4, 0.5) is 0 Å². The van der Waals surface area contributed by atoms with E-state index in [1.54, 1.807) is 24.3 Å². The summed E-state index contributed by atoms with van der Waals surface area (Å²) in [5.41, 5.74) is 0.146. The number of amides is 1. The minimum atomic E-state index is -3.77. The minimum Gasteiger partial charge on any atom is -0.352 e. The molecule has 0 atom stereocenters. The van der Waals surface area contributed by atoms with E-state index in [4.69, 9.17) is 11.6 Å². The lowest BCUT2D eigenvalue weighted by Gasteiger charge is -2.11. The van der Waals surface area contributed by atoms with Gasteiger partial charge in [-0.25, -0.2) is 8.42 Å². The molecule has 0 bridgehead atoms. The van der Waals surface area contributed by atoms with Gasteiger partial charge in [0.05, 0.1) is 21.7 Å². The van der Waals surface area contributed by atoms with Crippen molar-refractivity contribution in [2.24, 2.45) is 14.1 Å². The molecule has 0 spiro atoms. The number of sulfone groups is 1. The molecule has 0 saturated heterocycles. The monoisotopic (exact) mass is 449 g/mol. The number of benzene rings is 2. The summed E-state index contributed by atoms with van der Waals surface area (Å²) in [4.78, 5) is 36.0. The zero-order valence-electron chi connectivity index (χ0n) is 16.4. The number of nitrogens with one attached hydrogen (secondary N) is 1. The van der Waals surface area contributed by atoms with E-state index < -0.39 is 26.9 Å². The SMILES string of the molecule is Cn1c(=O)c(=O)n(C)c2cc(S(=O)(=O)CCC(=O)NCc3ccc(Cl)cc3)ccc21. The van der Waals surface area contributed by atoms with Gasteiger partial charge in [0.25, 0.3) is 0 Å². The second-order valence-corrected chi connectivity index (χ2v) is 9.40. The molecule has 2 aromatic carbocycles. The van der Waals surface area contributed by atoms with Crippen molar-refractivity contribution in [2.75, 3.05) is 5.75 Å². The average molecular weight is 450 g/mol. The van der Waals surface area contributed by atoms with Crippen molar-refractivity contribution in [3.63, 3.8) is 0 Å². The number of halogens is 1. The molecule has 1 amide bonds. The van der Waals surface area contributed by atoms with Gasteiger partial charge in [-0.3, -0.25) is 14.4 Å². The summed E-state index contributed by atoms with van der Waals surface area (Å²) in [5.74, 6) is -0.783. The highest BCUT2D eigenvalue weighted by molar-refractivity contribution is 7.91. The summed E-state index contributed by atoms with van der Waals surface area (Å²) in [5, 5.41) is 3.26. The van der Waals surface area contributed by atoms with Crippen LogP contribution >= 0.6 is 11.6 Å². The largest absolute Gasteiger partial charge is 0.352 e. The van der Waals surface area contributed by atoms with Crippen LogP contribution in [0.25, 0.3) is 11.0 Å². The van der Waals surface area contributed by atoms with Crippen LogP contribution in [-0.2, 0) is 35.3 Å². The Labute approximate surface area is 177 Å². The van der Waals surface area contributed by atoms with Gasteiger partial charge in [0, 0.05) is 32.1 Å². The molecule has 3 rings (SSSR count). The second kappa shape index (κ2) is 8.45. The van der Waals surface area contributed by atoms with E-state index in [1.807, 2.05) is 0 Å². The van der Waals surface area contributed by atoms with Crippen LogP contribution in [-0.4, -0.2) is 29.2 Å². The summed E-state index contributed by atoms with van der Waals surface area (Å²) >= 11 is 5.81. The Kier molecular flexibility index (Phi) is 6.14. The van der Waals surface area contributed by atoms with E-state index >= 15 is 0 Å². The van der Waals surface area contributed by atoms with Gasteiger partial charge in [-0.15, -0.1) is 0 Å². The number of fused-ring (bicyclic) bond motifs is 1. The number of rotatable bonds is 6. The molecule has 3 aromatic rings. The third kappa shape index (κ3) is 4.47. The van der Waals surface area contributed by atoms with Gasteiger partial charge < -0.3 is 14.5 Å². The van der Waals surface area contributed by atoms with Crippen LogP contribution < -0.4 is 16.4 Å². The highest BCUT2D eigenvalue weighted by Gasteiger charge is 2.19. The van der Waals surface area contributed by atoms with Crippen molar-refractivity contribution in [1.29, 1.82) is 0 Å². The zero-order chi connectivity index (χ0) is 22.1. The summed E-state index contributed by atoms with van der Waals surface area (Å²) in [6.45, 7) is 0.266. The van der Waals surface area contributed by atoms with Gasteiger partial charge in [-0.1, -0.05) is 23.7 Å². The molecule has 0 radical (unpaired) electrons. The maximum atomic E-state index is 12.7. The molecule has 0 saturated carbocycles. The lowest BCUT2D eigenvalue weighted by Crippen LogP contribution is -2.39. The molecule has 0 aliphatic rings. The van der Waals surface area contributed by atoms with E-state index in [0.29, 0.717) is 16.1 Å². The first-order valence-electron chi connectivity index (χ1n) is 9.04. The first-order chi connectivity index (χ1) is 14.1. The van der Waals surface area contributed by atoms with Crippen LogP contribution in [0.5, 0.6) is 0 Å². The third-order valence-corrected chi connectivity index (χ3v) is 6.79. The van der Waals surface area contributed by atoms with E-state index in [2.05, 4.69) is 5.32 Å². The normalized spacial score (nSPS) is 11.6. The first kappa shape index (κ1) is 21.8.